The number of rotatable bonds is 2. The molecular weight excluding hydrogens is 462 g/mol. The van der Waals surface area contributed by atoms with Gasteiger partial charge < -0.3 is 14.2 Å². The second-order valence-electron chi connectivity index (χ2n) is 9.23. The van der Waals surface area contributed by atoms with Crippen molar-refractivity contribution in [3.8, 4) is 11.5 Å². The first-order valence-corrected chi connectivity index (χ1v) is 11.7. The summed E-state index contributed by atoms with van der Waals surface area (Å²) in [5.74, 6) is -3.74. The van der Waals surface area contributed by atoms with Crippen LogP contribution in [0.2, 0.25) is 0 Å². The number of nitrogens with zero attached hydrogens (tertiary/aromatic N) is 1. The number of hydrogen-bond acceptors (Lipinski definition) is 7. The summed E-state index contributed by atoms with van der Waals surface area (Å²) < 4.78 is 17.5. The molecule has 178 valence electrons. The number of carbonyl (C=O) groups is 4. The molecule has 1 spiro atoms. The molecule has 3 atom stereocenters. The third-order valence-electron chi connectivity index (χ3n) is 7.43. The van der Waals surface area contributed by atoms with Crippen molar-refractivity contribution in [2.45, 2.75) is 11.7 Å². The highest BCUT2D eigenvalue weighted by Crippen LogP contribution is 2.57. The first-order valence-electron chi connectivity index (χ1n) is 11.7. The first-order chi connectivity index (χ1) is 17.5. The Morgan fingerprint density at radius 2 is 1.36 bits per heavy atom. The van der Waals surface area contributed by atoms with Crippen LogP contribution in [0.1, 0.15) is 32.4 Å². The molecule has 7 rings (SSSR count). The molecule has 0 unspecified atom stereocenters. The number of ether oxygens (including phenoxy) is 3. The van der Waals surface area contributed by atoms with Gasteiger partial charge in [0.15, 0.2) is 11.5 Å². The van der Waals surface area contributed by atoms with Gasteiger partial charge in [0.05, 0.1) is 23.6 Å². The molecule has 2 amide bonds. The van der Waals surface area contributed by atoms with Crippen molar-refractivity contribution in [2.24, 2.45) is 11.8 Å². The number of amides is 2. The molecule has 36 heavy (non-hydrogen) atoms. The Hall–Kier alpha value is -4.30. The monoisotopic (exact) mass is 481 g/mol. The van der Waals surface area contributed by atoms with Gasteiger partial charge in [-0.1, -0.05) is 54.6 Å². The molecule has 8 nitrogen and oxygen atoms in total. The number of benzene rings is 3. The van der Waals surface area contributed by atoms with Gasteiger partial charge in [0.1, 0.15) is 13.2 Å². The fourth-order valence-electron chi connectivity index (χ4n) is 5.89. The van der Waals surface area contributed by atoms with Crippen molar-refractivity contribution in [3.63, 3.8) is 0 Å². The van der Waals surface area contributed by atoms with Crippen molar-refractivity contribution in [1.82, 2.24) is 0 Å². The Morgan fingerprint density at radius 3 is 2.06 bits per heavy atom. The maximum Gasteiger partial charge on any atom is 0.241 e. The van der Waals surface area contributed by atoms with Gasteiger partial charge in [0.2, 0.25) is 29.0 Å². The molecule has 8 heteroatoms. The minimum absolute atomic E-state index is 0.202. The number of Topliss-reactive ketones (excluding diaryl/α,β-unsaturated/α-hetero) is 2. The van der Waals surface area contributed by atoms with E-state index in [2.05, 4.69) is 0 Å². The van der Waals surface area contributed by atoms with E-state index < -0.39 is 46.9 Å². The van der Waals surface area contributed by atoms with Crippen LogP contribution in [-0.2, 0) is 14.3 Å². The number of hydrogen-bond donors (Lipinski definition) is 0. The van der Waals surface area contributed by atoms with E-state index in [1.165, 1.54) is 0 Å². The summed E-state index contributed by atoms with van der Waals surface area (Å²) in [4.78, 5) is 56.5. The summed E-state index contributed by atoms with van der Waals surface area (Å²) in [5.41, 5.74) is -0.780. The van der Waals surface area contributed by atoms with E-state index in [0.717, 1.165) is 4.90 Å². The van der Waals surface area contributed by atoms with Crippen molar-refractivity contribution in [3.05, 3.63) is 89.5 Å². The van der Waals surface area contributed by atoms with Gasteiger partial charge in [0.25, 0.3) is 0 Å². The van der Waals surface area contributed by atoms with Crippen LogP contribution in [0.3, 0.4) is 0 Å². The summed E-state index contributed by atoms with van der Waals surface area (Å²) in [6.45, 7) is 0.749. The molecule has 2 fully saturated rings. The summed E-state index contributed by atoms with van der Waals surface area (Å²) in [6, 6.07) is 20.2. The molecule has 1 aliphatic carbocycles. The average Bonchev–Trinajstić information content (AvgIpc) is 3.49. The molecule has 0 saturated carbocycles. The van der Waals surface area contributed by atoms with Crippen LogP contribution >= 0.6 is 0 Å². The molecule has 0 bridgehead atoms. The van der Waals surface area contributed by atoms with Crippen LogP contribution < -0.4 is 14.4 Å². The van der Waals surface area contributed by atoms with Gasteiger partial charge in [-0.15, -0.1) is 0 Å². The molecule has 3 aromatic carbocycles. The number of anilines is 1. The lowest BCUT2D eigenvalue weighted by atomic mass is 9.77. The zero-order valence-corrected chi connectivity index (χ0v) is 18.9. The maximum atomic E-state index is 14.0. The first kappa shape index (κ1) is 21.0. The van der Waals surface area contributed by atoms with Gasteiger partial charge in [0, 0.05) is 17.2 Å². The zero-order valence-electron chi connectivity index (χ0n) is 18.9. The van der Waals surface area contributed by atoms with E-state index in [1.54, 1.807) is 66.7 Å². The van der Waals surface area contributed by atoms with Crippen LogP contribution in [0.4, 0.5) is 5.69 Å². The fraction of sp³-hybridized carbons (Fsp3) is 0.214. The lowest BCUT2D eigenvalue weighted by molar-refractivity contribution is -0.127. The van der Waals surface area contributed by atoms with E-state index >= 15 is 0 Å². The normalized spacial score (nSPS) is 25.4. The quantitative estimate of drug-likeness (QED) is 0.410. The van der Waals surface area contributed by atoms with Crippen LogP contribution in [0.25, 0.3) is 0 Å². The molecule has 2 saturated heterocycles. The Bertz CT molecular complexity index is 1450. The molecule has 3 aromatic rings. The van der Waals surface area contributed by atoms with Crippen LogP contribution in [0, 0.1) is 11.8 Å². The Balaban J connectivity index is 1.39. The highest BCUT2D eigenvalue weighted by molar-refractivity contribution is 6.37. The highest BCUT2D eigenvalue weighted by atomic mass is 16.6. The van der Waals surface area contributed by atoms with Crippen molar-refractivity contribution < 1.29 is 33.4 Å². The van der Waals surface area contributed by atoms with Crippen molar-refractivity contribution >= 4 is 29.1 Å². The molecule has 3 heterocycles. The molecule has 0 N–H and O–H groups in total. The number of carbonyl (C=O) groups excluding carboxylic acids is 4. The van der Waals surface area contributed by atoms with Gasteiger partial charge in [-0.3, -0.25) is 19.2 Å². The van der Waals surface area contributed by atoms with Gasteiger partial charge in [-0.05, 0) is 17.7 Å². The largest absolute Gasteiger partial charge is 0.486 e. The SMILES string of the molecule is O=C1[C@@H]2[C@@H](C(=O)N1c1ccc3c(c1)OCCO3)C1(O[C@H]2c2ccccc2)C(=O)c2ccccc2C1=O. The Labute approximate surface area is 205 Å². The maximum absolute atomic E-state index is 14.0. The minimum atomic E-state index is -2.09. The minimum Gasteiger partial charge on any atom is -0.486 e. The second kappa shape index (κ2) is 7.35. The summed E-state index contributed by atoms with van der Waals surface area (Å²) in [5, 5.41) is 0. The number of imide groups is 1. The number of ketones is 2. The topological polar surface area (TPSA) is 99.2 Å². The van der Waals surface area contributed by atoms with Gasteiger partial charge in [-0.25, -0.2) is 4.90 Å². The lowest BCUT2D eigenvalue weighted by Crippen LogP contribution is -2.51. The molecule has 3 aliphatic heterocycles. The molecule has 0 radical (unpaired) electrons. The van der Waals surface area contributed by atoms with Crippen LogP contribution in [-0.4, -0.2) is 42.2 Å². The summed E-state index contributed by atoms with van der Waals surface area (Å²) >= 11 is 0. The van der Waals surface area contributed by atoms with Crippen molar-refractivity contribution in [1.29, 1.82) is 0 Å². The summed E-state index contributed by atoms with van der Waals surface area (Å²) in [7, 11) is 0. The predicted molar refractivity (Wildman–Crippen MR) is 125 cm³/mol. The van der Waals surface area contributed by atoms with E-state index in [-0.39, 0.29) is 11.1 Å². The van der Waals surface area contributed by atoms with Crippen molar-refractivity contribution in [2.75, 3.05) is 18.1 Å². The van der Waals surface area contributed by atoms with E-state index in [4.69, 9.17) is 14.2 Å². The predicted octanol–water partition coefficient (Wildman–Crippen LogP) is 3.15. The van der Waals surface area contributed by atoms with Gasteiger partial charge in [-0.2, -0.15) is 0 Å². The second-order valence-corrected chi connectivity index (χ2v) is 9.23. The molecule has 4 aliphatic rings. The fourth-order valence-corrected chi connectivity index (χ4v) is 5.89. The van der Waals surface area contributed by atoms with E-state index in [9.17, 15) is 19.2 Å². The Morgan fingerprint density at radius 1 is 0.722 bits per heavy atom. The third-order valence-corrected chi connectivity index (χ3v) is 7.43. The zero-order chi connectivity index (χ0) is 24.6. The smallest absolute Gasteiger partial charge is 0.241 e. The lowest BCUT2D eigenvalue weighted by Gasteiger charge is -2.27. The third kappa shape index (κ3) is 2.56. The number of fused-ring (bicyclic) bond motifs is 4. The highest BCUT2D eigenvalue weighted by Gasteiger charge is 2.74. The molecule has 0 aromatic heterocycles. The van der Waals surface area contributed by atoms with Crippen LogP contribution in [0.5, 0.6) is 11.5 Å². The van der Waals surface area contributed by atoms with Gasteiger partial charge >= 0.3 is 0 Å². The van der Waals surface area contributed by atoms with E-state index in [0.29, 0.717) is 36.0 Å². The standard InChI is InChI=1S/C28H19NO7/c30-24-17-8-4-5-9-18(17)25(31)28(24)22-21(23(36-28)15-6-2-1-3-7-15)26(32)29(27(22)33)16-10-11-19-20(14-16)35-13-12-34-19/h1-11,14,21-23H,12-13H2/t21-,22+,23+/m1/s1. The van der Waals surface area contributed by atoms with E-state index in [1.807, 2.05) is 6.07 Å². The Kier molecular flexibility index (Phi) is 4.29. The molecular formula is C28H19NO7. The average molecular weight is 481 g/mol. The van der Waals surface area contributed by atoms with Crippen LogP contribution in [0.15, 0.2) is 72.8 Å². The summed E-state index contributed by atoms with van der Waals surface area (Å²) in [6.07, 6.45) is -0.947.